The number of carboxylic acids is 1. The summed E-state index contributed by atoms with van der Waals surface area (Å²) in [7, 11) is 0. The molecular formula is C15H28N2O3. The Bertz CT molecular complexity index is 327. The number of carboxylic acid groups (broad SMARTS) is 1. The van der Waals surface area contributed by atoms with Gasteiger partial charge in [-0.1, -0.05) is 27.2 Å². The van der Waals surface area contributed by atoms with E-state index in [-0.39, 0.29) is 5.91 Å². The Balaban J connectivity index is 2.27. The summed E-state index contributed by atoms with van der Waals surface area (Å²) in [5, 5.41) is 11.8. The van der Waals surface area contributed by atoms with Gasteiger partial charge in [0.05, 0.1) is 5.92 Å². The van der Waals surface area contributed by atoms with Crippen molar-refractivity contribution in [3.8, 4) is 0 Å². The highest BCUT2D eigenvalue weighted by molar-refractivity contribution is 5.84. The van der Waals surface area contributed by atoms with Crippen molar-refractivity contribution < 1.29 is 14.7 Å². The lowest BCUT2D eigenvalue weighted by molar-refractivity contribution is -0.146. The average molecular weight is 284 g/mol. The van der Waals surface area contributed by atoms with Crippen molar-refractivity contribution in [2.45, 2.75) is 40.0 Å². The van der Waals surface area contributed by atoms with Crippen molar-refractivity contribution in [3.63, 3.8) is 0 Å². The highest BCUT2D eigenvalue weighted by Gasteiger charge is 2.25. The minimum atomic E-state index is -0.922. The molecule has 1 heterocycles. The quantitative estimate of drug-likeness (QED) is 0.745. The van der Waals surface area contributed by atoms with Crippen LogP contribution in [0.15, 0.2) is 0 Å². The second-order valence-electron chi connectivity index (χ2n) is 6.13. The number of nitrogens with zero attached hydrogens (tertiary/aromatic N) is 1. The average Bonchev–Trinajstić information content (AvgIpc) is 2.44. The summed E-state index contributed by atoms with van der Waals surface area (Å²) in [5.74, 6) is -1.83. The van der Waals surface area contributed by atoms with Gasteiger partial charge in [-0.3, -0.25) is 9.59 Å². The summed E-state index contributed by atoms with van der Waals surface area (Å²) in [4.78, 5) is 25.2. The topological polar surface area (TPSA) is 69.6 Å². The molecule has 0 spiro atoms. The van der Waals surface area contributed by atoms with Crippen LogP contribution < -0.4 is 5.32 Å². The molecule has 20 heavy (non-hydrogen) atoms. The first-order valence-electron chi connectivity index (χ1n) is 7.64. The molecule has 1 amide bonds. The Labute approximate surface area is 121 Å². The first-order chi connectivity index (χ1) is 9.41. The molecule has 1 saturated heterocycles. The Morgan fingerprint density at radius 3 is 2.25 bits per heavy atom. The Morgan fingerprint density at radius 2 is 1.70 bits per heavy atom. The monoisotopic (exact) mass is 284 g/mol. The molecule has 1 rings (SSSR count). The van der Waals surface area contributed by atoms with Crippen LogP contribution in [0.3, 0.4) is 0 Å². The summed E-state index contributed by atoms with van der Waals surface area (Å²) >= 11 is 0. The Morgan fingerprint density at radius 1 is 1.10 bits per heavy atom. The van der Waals surface area contributed by atoms with E-state index in [0.717, 1.165) is 19.6 Å². The maximum absolute atomic E-state index is 11.9. The van der Waals surface area contributed by atoms with E-state index < -0.39 is 17.8 Å². The van der Waals surface area contributed by atoms with Crippen LogP contribution in [-0.4, -0.2) is 48.1 Å². The smallest absolute Gasteiger partial charge is 0.307 e. The maximum atomic E-state index is 11.9. The van der Waals surface area contributed by atoms with Crippen LogP contribution in [0.4, 0.5) is 0 Å². The summed E-state index contributed by atoms with van der Waals surface area (Å²) < 4.78 is 0. The highest BCUT2D eigenvalue weighted by Crippen LogP contribution is 2.12. The summed E-state index contributed by atoms with van der Waals surface area (Å²) in [6, 6.07) is 0. The number of carbonyl (C=O) groups excluding carboxylic acids is 1. The Kier molecular flexibility index (Phi) is 6.99. The van der Waals surface area contributed by atoms with Crippen LogP contribution in [0, 0.1) is 17.8 Å². The fourth-order valence-corrected chi connectivity index (χ4v) is 2.52. The van der Waals surface area contributed by atoms with Crippen molar-refractivity contribution in [3.05, 3.63) is 0 Å². The molecule has 0 aromatic heterocycles. The molecular weight excluding hydrogens is 256 g/mol. The van der Waals surface area contributed by atoms with Crippen molar-refractivity contribution in [2.24, 2.45) is 17.8 Å². The van der Waals surface area contributed by atoms with E-state index >= 15 is 0 Å². The standard InChI is InChI=1S/C15H28N2O3/c1-11(10-17-7-5-4-6-8-17)9-16-14(18)12(2)13(3)15(19)20/h11-13H,4-10H2,1-3H3,(H,16,18)(H,19,20). The van der Waals surface area contributed by atoms with Gasteiger partial charge >= 0.3 is 5.97 Å². The fraction of sp³-hybridized carbons (Fsp3) is 0.867. The van der Waals surface area contributed by atoms with Crippen LogP contribution in [-0.2, 0) is 9.59 Å². The molecule has 2 N–H and O–H groups in total. The van der Waals surface area contributed by atoms with E-state index in [1.54, 1.807) is 13.8 Å². The lowest BCUT2D eigenvalue weighted by atomic mass is 9.95. The molecule has 5 nitrogen and oxygen atoms in total. The minimum Gasteiger partial charge on any atom is -0.481 e. The second-order valence-corrected chi connectivity index (χ2v) is 6.13. The number of nitrogens with one attached hydrogen (secondary N) is 1. The number of amides is 1. The molecule has 0 aromatic carbocycles. The number of piperidine rings is 1. The van der Waals surface area contributed by atoms with Gasteiger partial charge in [-0.05, 0) is 31.8 Å². The van der Waals surface area contributed by atoms with Crippen LogP contribution in [0.1, 0.15) is 40.0 Å². The van der Waals surface area contributed by atoms with Gasteiger partial charge in [-0.15, -0.1) is 0 Å². The molecule has 1 fully saturated rings. The minimum absolute atomic E-state index is 0.162. The molecule has 1 aliphatic heterocycles. The number of aliphatic carboxylic acids is 1. The summed E-state index contributed by atoms with van der Waals surface area (Å²) in [5.41, 5.74) is 0. The van der Waals surface area contributed by atoms with Crippen molar-refractivity contribution in [1.29, 1.82) is 0 Å². The van der Waals surface area contributed by atoms with Gasteiger partial charge in [0.15, 0.2) is 0 Å². The predicted octanol–water partition coefficient (Wildman–Crippen LogP) is 1.58. The molecule has 3 atom stereocenters. The van der Waals surface area contributed by atoms with Crippen LogP contribution in [0.5, 0.6) is 0 Å². The number of hydrogen-bond acceptors (Lipinski definition) is 3. The SMILES string of the molecule is CC(CNC(=O)C(C)C(C)C(=O)O)CN1CCCCC1. The van der Waals surface area contributed by atoms with Gasteiger partial charge < -0.3 is 15.3 Å². The lowest BCUT2D eigenvalue weighted by Crippen LogP contribution is -2.40. The van der Waals surface area contributed by atoms with Gasteiger partial charge in [0.2, 0.25) is 5.91 Å². The van der Waals surface area contributed by atoms with Crippen molar-refractivity contribution >= 4 is 11.9 Å². The highest BCUT2D eigenvalue weighted by atomic mass is 16.4. The van der Waals surface area contributed by atoms with Gasteiger partial charge in [0, 0.05) is 19.0 Å². The zero-order valence-electron chi connectivity index (χ0n) is 12.9. The zero-order chi connectivity index (χ0) is 15.1. The number of hydrogen-bond donors (Lipinski definition) is 2. The van der Waals surface area contributed by atoms with Crippen molar-refractivity contribution in [2.75, 3.05) is 26.2 Å². The van der Waals surface area contributed by atoms with E-state index in [2.05, 4.69) is 17.1 Å². The van der Waals surface area contributed by atoms with Crippen LogP contribution in [0.2, 0.25) is 0 Å². The molecule has 0 aromatic rings. The van der Waals surface area contributed by atoms with Gasteiger partial charge in [-0.2, -0.15) is 0 Å². The zero-order valence-corrected chi connectivity index (χ0v) is 12.9. The number of carbonyl (C=O) groups is 2. The largest absolute Gasteiger partial charge is 0.481 e. The van der Waals surface area contributed by atoms with Gasteiger partial charge in [0.1, 0.15) is 0 Å². The number of rotatable bonds is 7. The maximum Gasteiger partial charge on any atom is 0.307 e. The molecule has 3 unspecified atom stereocenters. The molecule has 0 bridgehead atoms. The third-order valence-corrected chi connectivity index (χ3v) is 4.20. The molecule has 1 aliphatic rings. The van der Waals surface area contributed by atoms with Crippen molar-refractivity contribution in [1.82, 2.24) is 10.2 Å². The van der Waals surface area contributed by atoms with E-state index in [4.69, 9.17) is 5.11 Å². The summed E-state index contributed by atoms with van der Waals surface area (Å²) in [6.45, 7) is 9.30. The van der Waals surface area contributed by atoms with E-state index in [1.165, 1.54) is 19.3 Å². The second kappa shape index (κ2) is 8.25. The first kappa shape index (κ1) is 17.0. The van der Waals surface area contributed by atoms with Gasteiger partial charge in [0.25, 0.3) is 0 Å². The van der Waals surface area contributed by atoms with Crippen LogP contribution >= 0.6 is 0 Å². The summed E-state index contributed by atoms with van der Waals surface area (Å²) in [6.07, 6.45) is 3.87. The first-order valence-corrected chi connectivity index (χ1v) is 7.64. The third-order valence-electron chi connectivity index (χ3n) is 4.20. The van der Waals surface area contributed by atoms with E-state index in [0.29, 0.717) is 12.5 Å². The molecule has 0 aliphatic carbocycles. The van der Waals surface area contributed by atoms with Gasteiger partial charge in [-0.25, -0.2) is 0 Å². The molecule has 0 radical (unpaired) electrons. The lowest BCUT2D eigenvalue weighted by Gasteiger charge is -2.29. The van der Waals surface area contributed by atoms with E-state index in [9.17, 15) is 9.59 Å². The van der Waals surface area contributed by atoms with E-state index in [1.807, 2.05) is 0 Å². The molecule has 116 valence electrons. The fourth-order valence-electron chi connectivity index (χ4n) is 2.52. The molecule has 0 saturated carbocycles. The number of likely N-dealkylation sites (tertiary alicyclic amines) is 1. The predicted molar refractivity (Wildman–Crippen MR) is 78.4 cm³/mol. The van der Waals surface area contributed by atoms with Crippen LogP contribution in [0.25, 0.3) is 0 Å². The molecule has 5 heteroatoms. The Hall–Kier alpha value is -1.10. The third kappa shape index (κ3) is 5.49. The normalized spacial score (nSPS) is 20.9.